The van der Waals surface area contributed by atoms with Gasteiger partial charge in [-0.05, 0) is 41.5 Å². The van der Waals surface area contributed by atoms with Gasteiger partial charge in [-0.1, -0.05) is 0 Å². The van der Waals surface area contributed by atoms with Gasteiger partial charge in [-0.2, -0.15) is 44.9 Å². The summed E-state index contributed by atoms with van der Waals surface area (Å²) in [4.78, 5) is 51.2. The molecule has 0 saturated carbocycles. The van der Waals surface area contributed by atoms with Crippen LogP contribution in [0.3, 0.4) is 0 Å². The molecule has 0 fully saturated rings. The molecule has 0 spiro atoms. The maximum Gasteiger partial charge on any atom is 0.236 e. The number of aromatic nitrogens is 12. The average Bonchev–Trinajstić information content (AvgIpc) is 2.65. The lowest BCUT2D eigenvalue weighted by atomic mass is 10.6. The molecule has 0 aliphatic heterocycles. The molecule has 0 atom stereocenters. The van der Waals surface area contributed by atoms with Gasteiger partial charge in [-0.15, -0.1) is 0 Å². The van der Waals surface area contributed by atoms with Gasteiger partial charge in [-0.25, -0.2) is 15.0 Å². The zero-order chi connectivity index (χ0) is 23.5. The van der Waals surface area contributed by atoms with Gasteiger partial charge < -0.3 is 0 Å². The van der Waals surface area contributed by atoms with Gasteiger partial charge in [0.15, 0.2) is 0 Å². The normalized spacial score (nSPS) is 10.7. The zero-order valence-electron chi connectivity index (χ0n) is 18.9. The summed E-state index contributed by atoms with van der Waals surface area (Å²) in [6, 6.07) is 0. The predicted octanol–water partition coefficient (Wildman–Crippen LogP) is 1.51. The van der Waals surface area contributed by atoms with Crippen molar-refractivity contribution < 1.29 is 0 Å². The molecule has 168 valence electrons. The maximum atomic E-state index is 4.38. The molecule has 0 aromatic carbocycles. The van der Waals surface area contributed by atoms with Gasteiger partial charge in [0.05, 0.1) is 0 Å². The highest BCUT2D eigenvalue weighted by molar-refractivity contribution is 5.54. The quantitative estimate of drug-likeness (QED) is 0.385. The van der Waals surface area contributed by atoms with E-state index < -0.39 is 0 Å². The fourth-order valence-corrected chi connectivity index (χ4v) is 2.86. The fraction of sp³-hybridized carbons (Fsp3) is 0.333. The Labute approximate surface area is 188 Å². The van der Waals surface area contributed by atoms with Gasteiger partial charge in [0.1, 0.15) is 34.9 Å². The Bertz CT molecular complexity index is 1090. The first-order valence-corrected chi connectivity index (χ1v) is 9.87. The molecule has 3 N–H and O–H groups in total. The van der Waals surface area contributed by atoms with Crippen molar-refractivity contribution in [2.24, 2.45) is 0 Å². The molecule has 4 rings (SSSR count). The van der Waals surface area contributed by atoms with Crippen LogP contribution in [0.15, 0.2) is 0 Å². The SMILES string of the molecule is Cc1nc(C)nc(Nc2nc(Nc3nc(C)nc(C)n3)nc(Nc3nc(C)nc(C)n3)n2)n1. The molecule has 0 saturated heterocycles. The van der Waals surface area contributed by atoms with Gasteiger partial charge in [0, 0.05) is 0 Å². The first-order chi connectivity index (χ1) is 15.7. The van der Waals surface area contributed by atoms with E-state index in [-0.39, 0.29) is 17.8 Å². The molecule has 0 radical (unpaired) electrons. The predicted molar refractivity (Wildman–Crippen MR) is 118 cm³/mol. The van der Waals surface area contributed by atoms with Crippen LogP contribution >= 0.6 is 0 Å². The Balaban J connectivity index is 1.71. The van der Waals surface area contributed by atoms with E-state index in [0.717, 1.165) is 0 Å². The summed E-state index contributed by atoms with van der Waals surface area (Å²) < 4.78 is 0. The van der Waals surface area contributed by atoms with Crippen molar-refractivity contribution in [3.05, 3.63) is 34.9 Å². The van der Waals surface area contributed by atoms with Crippen LogP contribution in [0.2, 0.25) is 0 Å². The van der Waals surface area contributed by atoms with E-state index in [1.54, 1.807) is 41.5 Å². The van der Waals surface area contributed by atoms with E-state index >= 15 is 0 Å². The number of hydrogen-bond acceptors (Lipinski definition) is 15. The third-order valence-corrected chi connectivity index (χ3v) is 3.88. The number of nitrogens with zero attached hydrogens (tertiary/aromatic N) is 12. The molecule has 0 unspecified atom stereocenters. The van der Waals surface area contributed by atoms with Crippen molar-refractivity contribution in [1.29, 1.82) is 0 Å². The number of rotatable bonds is 6. The van der Waals surface area contributed by atoms with Crippen LogP contribution in [-0.4, -0.2) is 59.8 Å². The molecule has 33 heavy (non-hydrogen) atoms. The van der Waals surface area contributed by atoms with E-state index in [4.69, 9.17) is 0 Å². The minimum atomic E-state index is 0.171. The minimum absolute atomic E-state index is 0.171. The lowest BCUT2D eigenvalue weighted by Crippen LogP contribution is -2.12. The molecule has 15 nitrogen and oxygen atoms in total. The summed E-state index contributed by atoms with van der Waals surface area (Å²) in [7, 11) is 0. The third kappa shape index (κ3) is 5.78. The Hall–Kier alpha value is -4.56. The summed E-state index contributed by atoms with van der Waals surface area (Å²) in [5.74, 6) is 4.74. The highest BCUT2D eigenvalue weighted by atomic mass is 15.3. The van der Waals surface area contributed by atoms with Crippen LogP contribution in [0.25, 0.3) is 0 Å². The molecular formula is C18H21N15. The van der Waals surface area contributed by atoms with E-state index in [1.807, 2.05) is 0 Å². The summed E-state index contributed by atoms with van der Waals surface area (Å²) in [5, 5.41) is 8.92. The molecule has 0 aliphatic carbocycles. The van der Waals surface area contributed by atoms with Crippen molar-refractivity contribution in [2.75, 3.05) is 16.0 Å². The first kappa shape index (κ1) is 21.7. The smallest absolute Gasteiger partial charge is 0.236 e. The topological polar surface area (TPSA) is 191 Å². The Morgan fingerprint density at radius 2 is 0.455 bits per heavy atom. The largest absolute Gasteiger partial charge is 0.292 e. The summed E-state index contributed by atoms with van der Waals surface area (Å²) in [5.41, 5.74) is 0. The molecule has 0 aliphatic rings. The monoisotopic (exact) mass is 447 g/mol. The van der Waals surface area contributed by atoms with Crippen molar-refractivity contribution in [1.82, 2.24) is 59.8 Å². The zero-order valence-corrected chi connectivity index (χ0v) is 18.9. The highest BCUT2D eigenvalue weighted by Gasteiger charge is 2.13. The molecule has 4 heterocycles. The molecular weight excluding hydrogens is 426 g/mol. The van der Waals surface area contributed by atoms with Gasteiger partial charge in [-0.3, -0.25) is 16.0 Å². The first-order valence-electron chi connectivity index (χ1n) is 9.87. The van der Waals surface area contributed by atoms with Crippen molar-refractivity contribution in [3.63, 3.8) is 0 Å². The Kier molecular flexibility index (Phi) is 5.84. The van der Waals surface area contributed by atoms with E-state index in [2.05, 4.69) is 75.8 Å². The van der Waals surface area contributed by atoms with E-state index in [1.165, 1.54) is 0 Å². The number of hydrogen-bond donors (Lipinski definition) is 3. The number of nitrogens with one attached hydrogen (secondary N) is 3. The van der Waals surface area contributed by atoms with Crippen molar-refractivity contribution >= 4 is 35.7 Å². The Morgan fingerprint density at radius 3 is 0.667 bits per heavy atom. The van der Waals surface area contributed by atoms with Crippen LogP contribution in [0, 0.1) is 41.5 Å². The Morgan fingerprint density at radius 1 is 0.273 bits per heavy atom. The van der Waals surface area contributed by atoms with Gasteiger partial charge in [0.2, 0.25) is 35.7 Å². The van der Waals surface area contributed by atoms with E-state index in [0.29, 0.717) is 52.8 Å². The molecule has 0 bridgehead atoms. The van der Waals surface area contributed by atoms with Crippen LogP contribution in [0.1, 0.15) is 34.9 Å². The summed E-state index contributed by atoms with van der Waals surface area (Å²) in [6.45, 7) is 10.6. The van der Waals surface area contributed by atoms with Crippen LogP contribution in [0.4, 0.5) is 35.7 Å². The molecule has 4 aromatic heterocycles. The standard InChI is InChI=1S/C18H21N15/c1-7-19-8(2)23-13(22-7)28-16-31-17(29-14-24-9(3)20-10(4)25-14)33-18(32-16)30-15-26-11(5)21-12(6)27-15/h1-6H3,(H3,19,20,21,22,23,24,25,26,27,28,29,30,31,32,33). The summed E-state index contributed by atoms with van der Waals surface area (Å²) in [6.07, 6.45) is 0. The van der Waals surface area contributed by atoms with E-state index in [9.17, 15) is 0 Å². The van der Waals surface area contributed by atoms with Gasteiger partial charge >= 0.3 is 0 Å². The average molecular weight is 447 g/mol. The van der Waals surface area contributed by atoms with Crippen LogP contribution < -0.4 is 16.0 Å². The van der Waals surface area contributed by atoms with Crippen LogP contribution in [-0.2, 0) is 0 Å². The lowest BCUT2D eigenvalue weighted by Gasteiger charge is -2.10. The lowest BCUT2D eigenvalue weighted by molar-refractivity contribution is 0.912. The second-order valence-corrected chi connectivity index (χ2v) is 6.94. The maximum absolute atomic E-state index is 4.38. The summed E-state index contributed by atoms with van der Waals surface area (Å²) >= 11 is 0. The fourth-order valence-electron chi connectivity index (χ4n) is 2.86. The second-order valence-electron chi connectivity index (χ2n) is 6.94. The van der Waals surface area contributed by atoms with Crippen LogP contribution in [0.5, 0.6) is 0 Å². The van der Waals surface area contributed by atoms with Gasteiger partial charge in [0.25, 0.3) is 0 Å². The second kappa shape index (κ2) is 8.89. The minimum Gasteiger partial charge on any atom is -0.292 e. The van der Waals surface area contributed by atoms with Crippen molar-refractivity contribution in [2.45, 2.75) is 41.5 Å². The van der Waals surface area contributed by atoms with Crippen molar-refractivity contribution in [3.8, 4) is 0 Å². The highest BCUT2D eigenvalue weighted by Crippen LogP contribution is 2.17. The number of anilines is 6. The molecule has 4 aromatic rings. The third-order valence-electron chi connectivity index (χ3n) is 3.88. The molecule has 15 heteroatoms. The molecule has 0 amide bonds. The number of aryl methyl sites for hydroxylation is 6.